The van der Waals surface area contributed by atoms with Gasteiger partial charge in [0.25, 0.3) is 0 Å². The lowest BCUT2D eigenvalue weighted by molar-refractivity contribution is 0.432. The van der Waals surface area contributed by atoms with E-state index in [2.05, 4.69) is 29.4 Å². The zero-order valence-corrected chi connectivity index (χ0v) is 12.8. The summed E-state index contributed by atoms with van der Waals surface area (Å²) in [7, 11) is 0. The van der Waals surface area contributed by atoms with E-state index in [-0.39, 0.29) is 11.9 Å². The van der Waals surface area contributed by atoms with Crippen molar-refractivity contribution in [3.63, 3.8) is 0 Å². The number of unbranched alkanes of at least 4 members (excludes halogenated alkanes) is 2. The molecular formula is C15H22FN5. The van der Waals surface area contributed by atoms with Gasteiger partial charge in [0.1, 0.15) is 5.82 Å². The first-order valence-electron chi connectivity index (χ1n) is 7.38. The van der Waals surface area contributed by atoms with Crippen LogP contribution in [0.15, 0.2) is 12.1 Å². The molecule has 0 fully saturated rings. The van der Waals surface area contributed by atoms with E-state index in [1.807, 2.05) is 0 Å². The molecule has 0 bridgehead atoms. The van der Waals surface area contributed by atoms with Crippen molar-refractivity contribution >= 4 is 5.69 Å². The fraction of sp³-hybridized carbons (Fsp3) is 0.533. The summed E-state index contributed by atoms with van der Waals surface area (Å²) in [4.78, 5) is 0. The van der Waals surface area contributed by atoms with Gasteiger partial charge in [-0.2, -0.15) is 0 Å². The van der Waals surface area contributed by atoms with E-state index in [4.69, 9.17) is 5.73 Å². The van der Waals surface area contributed by atoms with Gasteiger partial charge in [-0.25, -0.2) is 9.07 Å². The van der Waals surface area contributed by atoms with Crippen LogP contribution in [0.2, 0.25) is 0 Å². The zero-order chi connectivity index (χ0) is 15.4. The molecule has 0 aliphatic carbocycles. The second-order valence-corrected chi connectivity index (χ2v) is 5.46. The first kappa shape index (κ1) is 15.4. The lowest BCUT2D eigenvalue weighted by atomic mass is 10.1. The maximum atomic E-state index is 13.9. The quantitative estimate of drug-likeness (QED) is 0.653. The highest BCUT2D eigenvalue weighted by atomic mass is 19.1. The predicted octanol–water partition coefficient (Wildman–Crippen LogP) is 3.51. The van der Waals surface area contributed by atoms with Crippen LogP contribution in [0.5, 0.6) is 0 Å². The molecule has 0 aliphatic rings. The third-order valence-corrected chi connectivity index (χ3v) is 3.78. The molecule has 114 valence electrons. The maximum absolute atomic E-state index is 13.9. The van der Waals surface area contributed by atoms with E-state index < -0.39 is 0 Å². The third-order valence-electron chi connectivity index (χ3n) is 3.78. The number of nitrogen functional groups attached to an aromatic ring is 1. The molecule has 0 saturated carbocycles. The van der Waals surface area contributed by atoms with Gasteiger partial charge in [-0.3, -0.25) is 0 Å². The van der Waals surface area contributed by atoms with E-state index in [9.17, 15) is 4.39 Å². The summed E-state index contributed by atoms with van der Waals surface area (Å²) in [6, 6.07) is 3.33. The highest BCUT2D eigenvalue weighted by Gasteiger charge is 2.16. The molecule has 2 aromatic rings. The SMILES string of the molecule is CCCCCC(C)n1nnnc1-c1cc(N)c(C)c(F)c1. The summed E-state index contributed by atoms with van der Waals surface area (Å²) in [5.41, 5.74) is 7.32. The number of tetrazole rings is 1. The van der Waals surface area contributed by atoms with Crippen molar-refractivity contribution < 1.29 is 4.39 Å². The minimum absolute atomic E-state index is 0.173. The fourth-order valence-corrected chi connectivity index (χ4v) is 2.32. The van der Waals surface area contributed by atoms with Crippen LogP contribution in [0.3, 0.4) is 0 Å². The largest absolute Gasteiger partial charge is 0.398 e. The molecule has 1 heterocycles. The number of benzene rings is 1. The molecule has 1 aromatic carbocycles. The lowest BCUT2D eigenvalue weighted by Gasteiger charge is -2.14. The van der Waals surface area contributed by atoms with Crippen molar-refractivity contribution in [2.75, 3.05) is 5.73 Å². The normalized spacial score (nSPS) is 12.6. The molecule has 0 saturated heterocycles. The van der Waals surface area contributed by atoms with Crippen LogP contribution < -0.4 is 5.73 Å². The van der Waals surface area contributed by atoms with Crippen molar-refractivity contribution in [3.8, 4) is 11.4 Å². The number of aromatic nitrogens is 4. The Morgan fingerprint density at radius 3 is 2.76 bits per heavy atom. The third kappa shape index (κ3) is 3.37. The molecule has 0 aliphatic heterocycles. The Balaban J connectivity index is 2.28. The van der Waals surface area contributed by atoms with Gasteiger partial charge in [0.15, 0.2) is 5.82 Å². The highest BCUT2D eigenvalue weighted by molar-refractivity contribution is 5.64. The first-order valence-corrected chi connectivity index (χ1v) is 7.38. The number of anilines is 1. The zero-order valence-electron chi connectivity index (χ0n) is 12.8. The standard InChI is InChI=1S/C15H22FN5/c1-4-5-6-7-10(2)21-15(18-19-20-21)12-8-13(16)11(3)14(17)9-12/h8-10H,4-7,17H2,1-3H3. The number of hydrogen-bond donors (Lipinski definition) is 1. The van der Waals surface area contributed by atoms with Gasteiger partial charge < -0.3 is 5.73 Å². The van der Waals surface area contributed by atoms with Crippen LogP contribution >= 0.6 is 0 Å². The molecule has 1 atom stereocenters. The molecule has 1 aromatic heterocycles. The first-order chi connectivity index (χ1) is 10.0. The van der Waals surface area contributed by atoms with E-state index in [0.29, 0.717) is 22.6 Å². The Hall–Kier alpha value is -1.98. The number of halogens is 1. The Kier molecular flexibility index (Phi) is 4.88. The smallest absolute Gasteiger partial charge is 0.182 e. The molecule has 6 heteroatoms. The van der Waals surface area contributed by atoms with E-state index in [1.54, 1.807) is 17.7 Å². The monoisotopic (exact) mass is 291 g/mol. The molecule has 0 radical (unpaired) electrons. The van der Waals surface area contributed by atoms with E-state index in [1.165, 1.54) is 18.9 Å². The van der Waals surface area contributed by atoms with Gasteiger partial charge in [-0.15, -0.1) is 5.10 Å². The Morgan fingerprint density at radius 2 is 2.10 bits per heavy atom. The second kappa shape index (κ2) is 6.65. The summed E-state index contributed by atoms with van der Waals surface area (Å²) >= 11 is 0. The summed E-state index contributed by atoms with van der Waals surface area (Å²) in [5.74, 6) is 0.225. The maximum Gasteiger partial charge on any atom is 0.182 e. The number of hydrogen-bond acceptors (Lipinski definition) is 4. The summed E-state index contributed by atoms with van der Waals surface area (Å²) < 4.78 is 15.6. The lowest BCUT2D eigenvalue weighted by Crippen LogP contribution is -2.09. The molecular weight excluding hydrogens is 269 g/mol. The second-order valence-electron chi connectivity index (χ2n) is 5.46. The van der Waals surface area contributed by atoms with Crippen LogP contribution in [-0.2, 0) is 0 Å². The Morgan fingerprint density at radius 1 is 1.33 bits per heavy atom. The van der Waals surface area contributed by atoms with Gasteiger partial charge in [0.2, 0.25) is 0 Å². The summed E-state index contributed by atoms with van der Waals surface area (Å²) in [6.07, 6.45) is 4.49. The van der Waals surface area contributed by atoms with Crippen LogP contribution in [0.1, 0.15) is 51.1 Å². The minimum Gasteiger partial charge on any atom is -0.398 e. The average molecular weight is 291 g/mol. The van der Waals surface area contributed by atoms with Crippen molar-refractivity contribution in [1.29, 1.82) is 0 Å². The van der Waals surface area contributed by atoms with Crippen molar-refractivity contribution in [3.05, 3.63) is 23.5 Å². The Bertz CT molecular complexity index is 585. The molecule has 0 amide bonds. The number of nitrogens with zero attached hydrogens (tertiary/aromatic N) is 4. The minimum atomic E-state index is -0.335. The highest BCUT2D eigenvalue weighted by Crippen LogP contribution is 2.26. The van der Waals surface area contributed by atoms with Gasteiger partial charge in [-0.05, 0) is 42.8 Å². The molecule has 5 nitrogen and oxygen atoms in total. The van der Waals surface area contributed by atoms with E-state index >= 15 is 0 Å². The van der Waals surface area contributed by atoms with E-state index in [0.717, 1.165) is 12.8 Å². The Labute approximate surface area is 124 Å². The molecule has 21 heavy (non-hydrogen) atoms. The van der Waals surface area contributed by atoms with Crippen molar-refractivity contribution in [2.45, 2.75) is 52.5 Å². The van der Waals surface area contributed by atoms with Crippen LogP contribution in [0, 0.1) is 12.7 Å². The molecule has 2 N–H and O–H groups in total. The molecule has 2 rings (SSSR count). The fourth-order valence-electron chi connectivity index (χ4n) is 2.32. The van der Waals surface area contributed by atoms with Crippen molar-refractivity contribution in [1.82, 2.24) is 20.2 Å². The van der Waals surface area contributed by atoms with Crippen molar-refractivity contribution in [2.24, 2.45) is 0 Å². The van der Waals surface area contributed by atoms with Gasteiger partial charge in [-0.1, -0.05) is 26.2 Å². The van der Waals surface area contributed by atoms with Crippen LogP contribution in [0.4, 0.5) is 10.1 Å². The summed E-state index contributed by atoms with van der Waals surface area (Å²) in [6.45, 7) is 5.90. The van der Waals surface area contributed by atoms with Crippen LogP contribution in [0.25, 0.3) is 11.4 Å². The summed E-state index contributed by atoms with van der Waals surface area (Å²) in [5, 5.41) is 11.8. The number of nitrogens with two attached hydrogens (primary N) is 1. The topological polar surface area (TPSA) is 69.6 Å². The molecule has 0 spiro atoms. The number of rotatable bonds is 6. The van der Waals surface area contributed by atoms with Gasteiger partial charge >= 0.3 is 0 Å². The molecule has 1 unspecified atom stereocenters. The predicted molar refractivity (Wildman–Crippen MR) is 81.2 cm³/mol. The van der Waals surface area contributed by atoms with Gasteiger partial charge in [0.05, 0.1) is 6.04 Å². The van der Waals surface area contributed by atoms with Crippen LogP contribution in [-0.4, -0.2) is 20.2 Å². The average Bonchev–Trinajstić information content (AvgIpc) is 2.94. The van der Waals surface area contributed by atoms with Gasteiger partial charge in [0, 0.05) is 16.8 Å².